The third kappa shape index (κ3) is 3.92. The van der Waals surface area contributed by atoms with Gasteiger partial charge in [0.2, 0.25) is 0 Å². The number of ketones is 1. The highest BCUT2D eigenvalue weighted by Crippen LogP contribution is 2.23. The van der Waals surface area contributed by atoms with Crippen LogP contribution in [0.4, 0.5) is 16.2 Å². The molecule has 0 aliphatic carbocycles. The maximum atomic E-state index is 12.0. The van der Waals surface area contributed by atoms with Gasteiger partial charge in [-0.25, -0.2) is 4.79 Å². The quantitative estimate of drug-likeness (QED) is 0.797. The highest BCUT2D eigenvalue weighted by molar-refractivity contribution is 9.10. The molecule has 2 aromatic rings. The molecular weight excluding hydrogens is 332 g/mol. The Balaban J connectivity index is 2.10. The number of urea groups is 1. The summed E-state index contributed by atoms with van der Waals surface area (Å²) in [6.45, 7) is 3.40. The summed E-state index contributed by atoms with van der Waals surface area (Å²) >= 11 is 3.42. The van der Waals surface area contributed by atoms with Gasteiger partial charge in [-0.3, -0.25) is 4.79 Å². The SMILES string of the molecule is CC(=O)c1cccc(NC(=O)Nc2cccc(Br)c2C)c1. The zero-order valence-electron chi connectivity index (χ0n) is 11.7. The Morgan fingerprint density at radius 3 is 2.48 bits per heavy atom. The van der Waals surface area contributed by atoms with Crippen LogP contribution in [-0.4, -0.2) is 11.8 Å². The molecule has 0 aliphatic heterocycles. The van der Waals surface area contributed by atoms with Crippen LogP contribution in [0.5, 0.6) is 0 Å². The molecule has 0 unspecified atom stereocenters. The normalized spacial score (nSPS) is 10.0. The lowest BCUT2D eigenvalue weighted by molar-refractivity contribution is 0.101. The van der Waals surface area contributed by atoms with Crippen molar-refractivity contribution in [3.8, 4) is 0 Å². The molecule has 4 nitrogen and oxygen atoms in total. The number of halogens is 1. The molecule has 0 fully saturated rings. The molecule has 0 heterocycles. The second kappa shape index (κ2) is 6.54. The average Bonchev–Trinajstić information content (AvgIpc) is 2.44. The van der Waals surface area contributed by atoms with Crippen LogP contribution in [0.25, 0.3) is 0 Å². The van der Waals surface area contributed by atoms with Gasteiger partial charge in [0, 0.05) is 21.4 Å². The maximum Gasteiger partial charge on any atom is 0.323 e. The van der Waals surface area contributed by atoms with Crippen LogP contribution in [0.1, 0.15) is 22.8 Å². The Kier molecular flexibility index (Phi) is 4.75. The lowest BCUT2D eigenvalue weighted by atomic mass is 10.1. The number of hydrogen-bond acceptors (Lipinski definition) is 2. The highest BCUT2D eigenvalue weighted by atomic mass is 79.9. The van der Waals surface area contributed by atoms with E-state index in [9.17, 15) is 9.59 Å². The average molecular weight is 347 g/mol. The lowest BCUT2D eigenvalue weighted by Crippen LogP contribution is -2.20. The third-order valence-corrected chi connectivity index (χ3v) is 3.90. The molecule has 0 bridgehead atoms. The lowest BCUT2D eigenvalue weighted by Gasteiger charge is -2.11. The van der Waals surface area contributed by atoms with Crippen molar-refractivity contribution in [2.24, 2.45) is 0 Å². The Labute approximate surface area is 131 Å². The minimum absolute atomic E-state index is 0.0399. The van der Waals surface area contributed by atoms with Crippen molar-refractivity contribution in [2.75, 3.05) is 10.6 Å². The van der Waals surface area contributed by atoms with Crippen molar-refractivity contribution < 1.29 is 9.59 Å². The zero-order valence-corrected chi connectivity index (χ0v) is 13.3. The van der Waals surface area contributed by atoms with Crippen molar-refractivity contribution in [3.63, 3.8) is 0 Å². The molecule has 108 valence electrons. The van der Waals surface area contributed by atoms with Gasteiger partial charge in [0.05, 0.1) is 0 Å². The van der Waals surface area contributed by atoms with Crippen LogP contribution in [0.2, 0.25) is 0 Å². The van der Waals surface area contributed by atoms with E-state index in [-0.39, 0.29) is 11.8 Å². The number of carbonyl (C=O) groups is 2. The largest absolute Gasteiger partial charge is 0.323 e. The van der Waals surface area contributed by atoms with E-state index in [2.05, 4.69) is 26.6 Å². The monoisotopic (exact) mass is 346 g/mol. The van der Waals surface area contributed by atoms with E-state index in [4.69, 9.17) is 0 Å². The van der Waals surface area contributed by atoms with Crippen LogP contribution in [0.3, 0.4) is 0 Å². The first-order chi connectivity index (χ1) is 9.97. The molecule has 2 N–H and O–H groups in total. The van der Waals surface area contributed by atoms with Crippen LogP contribution in [0.15, 0.2) is 46.9 Å². The number of hydrogen-bond donors (Lipinski definition) is 2. The van der Waals surface area contributed by atoms with Gasteiger partial charge in [-0.05, 0) is 43.7 Å². The molecule has 0 spiro atoms. The molecule has 21 heavy (non-hydrogen) atoms. The molecule has 0 saturated heterocycles. The molecular formula is C16H15BrN2O2. The smallest absolute Gasteiger partial charge is 0.308 e. The first-order valence-corrected chi connectivity index (χ1v) is 7.21. The van der Waals surface area contributed by atoms with Gasteiger partial charge in [-0.15, -0.1) is 0 Å². The Morgan fingerprint density at radius 1 is 1.05 bits per heavy atom. The summed E-state index contributed by atoms with van der Waals surface area (Å²) in [5.74, 6) is -0.0399. The molecule has 0 aliphatic rings. The first-order valence-electron chi connectivity index (χ1n) is 6.41. The maximum absolute atomic E-state index is 12.0. The minimum atomic E-state index is -0.350. The van der Waals surface area contributed by atoms with Crippen LogP contribution < -0.4 is 10.6 Å². The van der Waals surface area contributed by atoms with Crippen molar-refractivity contribution in [1.82, 2.24) is 0 Å². The predicted octanol–water partition coefficient (Wildman–Crippen LogP) is 4.60. The summed E-state index contributed by atoms with van der Waals surface area (Å²) in [7, 11) is 0. The minimum Gasteiger partial charge on any atom is -0.308 e. The van der Waals surface area contributed by atoms with Gasteiger partial charge in [-0.2, -0.15) is 0 Å². The number of anilines is 2. The van der Waals surface area contributed by atoms with Crippen LogP contribution in [0, 0.1) is 6.92 Å². The van der Waals surface area contributed by atoms with Crippen molar-refractivity contribution in [1.29, 1.82) is 0 Å². The topological polar surface area (TPSA) is 58.2 Å². The Bertz CT molecular complexity index is 698. The van der Waals surface area contributed by atoms with Gasteiger partial charge in [0.15, 0.2) is 5.78 Å². The Morgan fingerprint density at radius 2 is 1.76 bits per heavy atom. The number of carbonyl (C=O) groups excluding carboxylic acids is 2. The molecule has 2 rings (SSSR count). The number of Topliss-reactive ketones (excluding diaryl/α,β-unsaturated/α-hetero) is 1. The van der Waals surface area contributed by atoms with Crippen molar-refractivity contribution in [3.05, 3.63) is 58.1 Å². The molecule has 0 aromatic heterocycles. The van der Waals surface area contributed by atoms with E-state index in [1.165, 1.54) is 6.92 Å². The predicted molar refractivity (Wildman–Crippen MR) is 88.0 cm³/mol. The molecule has 5 heteroatoms. The third-order valence-electron chi connectivity index (χ3n) is 3.04. The standard InChI is InChI=1S/C16H15BrN2O2/c1-10-14(17)7-4-8-15(10)19-16(21)18-13-6-3-5-12(9-13)11(2)20/h3-9H,1-2H3,(H2,18,19,21). The molecule has 0 atom stereocenters. The van der Waals surface area contributed by atoms with E-state index in [1.54, 1.807) is 24.3 Å². The van der Waals surface area contributed by atoms with Gasteiger partial charge < -0.3 is 10.6 Å². The molecule has 0 saturated carbocycles. The molecule has 2 aromatic carbocycles. The van der Waals surface area contributed by atoms with Crippen LogP contribution >= 0.6 is 15.9 Å². The summed E-state index contributed by atoms with van der Waals surface area (Å²) in [6.07, 6.45) is 0. The van der Waals surface area contributed by atoms with E-state index < -0.39 is 0 Å². The van der Waals surface area contributed by atoms with Gasteiger partial charge in [0.1, 0.15) is 0 Å². The second-order valence-electron chi connectivity index (χ2n) is 4.63. The van der Waals surface area contributed by atoms with Crippen LogP contribution in [-0.2, 0) is 0 Å². The zero-order chi connectivity index (χ0) is 15.4. The highest BCUT2D eigenvalue weighted by Gasteiger charge is 2.07. The summed E-state index contributed by atoms with van der Waals surface area (Å²) in [5, 5.41) is 5.50. The second-order valence-corrected chi connectivity index (χ2v) is 5.48. The summed E-state index contributed by atoms with van der Waals surface area (Å²) < 4.78 is 0.930. The van der Waals surface area contributed by atoms with E-state index in [0.29, 0.717) is 11.3 Å². The summed E-state index contributed by atoms with van der Waals surface area (Å²) in [4.78, 5) is 23.3. The summed E-state index contributed by atoms with van der Waals surface area (Å²) in [5.41, 5.74) is 2.81. The van der Waals surface area contributed by atoms with E-state index in [1.807, 2.05) is 25.1 Å². The number of benzene rings is 2. The molecule has 0 radical (unpaired) electrons. The Hall–Kier alpha value is -2.14. The summed E-state index contributed by atoms with van der Waals surface area (Å²) in [6, 6.07) is 12.1. The fourth-order valence-electron chi connectivity index (χ4n) is 1.84. The molecule has 2 amide bonds. The van der Waals surface area contributed by atoms with E-state index >= 15 is 0 Å². The van der Waals surface area contributed by atoms with Crippen molar-refractivity contribution in [2.45, 2.75) is 13.8 Å². The fourth-order valence-corrected chi connectivity index (χ4v) is 2.21. The number of rotatable bonds is 3. The first kappa shape index (κ1) is 15.3. The number of amides is 2. The van der Waals surface area contributed by atoms with Gasteiger partial charge >= 0.3 is 6.03 Å². The number of nitrogens with one attached hydrogen (secondary N) is 2. The van der Waals surface area contributed by atoms with Crippen molar-refractivity contribution >= 4 is 39.1 Å². The van der Waals surface area contributed by atoms with E-state index in [0.717, 1.165) is 15.7 Å². The fraction of sp³-hybridized carbons (Fsp3) is 0.125. The van der Waals surface area contributed by atoms with Gasteiger partial charge in [0.25, 0.3) is 0 Å². The van der Waals surface area contributed by atoms with Gasteiger partial charge in [-0.1, -0.05) is 34.1 Å².